The summed E-state index contributed by atoms with van der Waals surface area (Å²) in [6.45, 7) is -3.97. The fourth-order valence-electron chi connectivity index (χ4n) is 1.87. The van der Waals surface area contributed by atoms with Gasteiger partial charge in [0.25, 0.3) is 0 Å². The van der Waals surface area contributed by atoms with E-state index in [1.165, 1.54) is 18.5 Å². The first-order chi connectivity index (χ1) is 10.8. The summed E-state index contributed by atoms with van der Waals surface area (Å²) >= 11 is 0. The van der Waals surface area contributed by atoms with Crippen LogP contribution in [0, 0.1) is 32.3 Å². The van der Waals surface area contributed by atoms with E-state index in [1.807, 2.05) is 0 Å². The molecular weight excluding hydrogens is 232 g/mol. The van der Waals surface area contributed by atoms with Gasteiger partial charge in [0.2, 0.25) is 5.69 Å². The molecule has 0 fully saturated rings. The Morgan fingerprint density at radius 1 is 1.11 bits per heavy atom. The van der Waals surface area contributed by atoms with E-state index in [0.29, 0.717) is 0 Å². The predicted octanol–water partition coefficient (Wildman–Crippen LogP) is 3.38. The average Bonchev–Trinajstić information content (AvgIpc) is 2.42. The van der Waals surface area contributed by atoms with E-state index in [9.17, 15) is 8.78 Å². The fourth-order valence-corrected chi connectivity index (χ4v) is 1.87. The lowest BCUT2D eigenvalue weighted by Gasteiger charge is -2.08. The topological polar surface area (TPSA) is 3.88 Å². The Labute approximate surface area is 114 Å². The average molecular weight is 254 g/mol. The van der Waals surface area contributed by atoms with Crippen molar-refractivity contribution in [2.45, 2.75) is 20.6 Å². The number of hydrogen-bond donors (Lipinski definition) is 0. The van der Waals surface area contributed by atoms with Gasteiger partial charge in [-0.05, 0) is 38.3 Å². The molecule has 0 saturated carbocycles. The van der Waals surface area contributed by atoms with E-state index in [0.717, 1.165) is 24.4 Å². The van der Waals surface area contributed by atoms with Crippen LogP contribution in [0.3, 0.4) is 0 Å². The molecule has 1 heterocycles. The molecule has 0 unspecified atom stereocenters. The SMILES string of the molecule is [2H]C([2H])([2H])c1cc(-c2c(F)ccc(F)c2C)[n+](C)cc1C([2H])([2H])[2H]. The number of hydrogen-bond acceptors (Lipinski definition) is 0. The number of rotatable bonds is 1. The van der Waals surface area contributed by atoms with Gasteiger partial charge in [0, 0.05) is 25.4 Å². The number of aryl methyl sites for hydroxylation is 3. The van der Waals surface area contributed by atoms with E-state index in [-0.39, 0.29) is 22.4 Å². The minimum Gasteiger partial charge on any atom is -0.207 e. The third kappa shape index (κ3) is 2.01. The highest BCUT2D eigenvalue weighted by atomic mass is 19.1. The molecule has 2 rings (SSSR count). The van der Waals surface area contributed by atoms with Crippen LogP contribution < -0.4 is 4.57 Å². The quantitative estimate of drug-likeness (QED) is 0.687. The van der Waals surface area contributed by atoms with Gasteiger partial charge in [-0.15, -0.1) is 0 Å². The molecule has 0 saturated heterocycles. The Morgan fingerprint density at radius 3 is 2.44 bits per heavy atom. The Hall–Kier alpha value is -1.77. The maximum absolute atomic E-state index is 14.2. The Kier molecular flexibility index (Phi) is 1.74. The van der Waals surface area contributed by atoms with Crippen LogP contribution in [0.1, 0.15) is 24.9 Å². The van der Waals surface area contributed by atoms with Gasteiger partial charge in [-0.25, -0.2) is 13.3 Å². The molecule has 0 aliphatic heterocycles. The zero-order chi connectivity index (χ0) is 18.4. The van der Waals surface area contributed by atoms with Crippen molar-refractivity contribution in [3.8, 4) is 11.3 Å². The van der Waals surface area contributed by atoms with E-state index in [1.54, 1.807) is 0 Å². The van der Waals surface area contributed by atoms with Crippen LogP contribution >= 0.6 is 0 Å². The highest BCUT2D eigenvalue weighted by molar-refractivity contribution is 5.62. The highest BCUT2D eigenvalue weighted by Crippen LogP contribution is 2.26. The number of halogens is 2. The standard InChI is InChI=1S/C15H16F2N/c1-9-7-14(18(4)8-10(9)2)15-11(3)12(16)5-6-13(15)17/h5-8H,1-4H3/q+1/i1D3,2D3. The minimum absolute atomic E-state index is 0.0173. The Morgan fingerprint density at radius 2 is 1.78 bits per heavy atom. The molecule has 2 aromatic rings. The third-order valence-corrected chi connectivity index (χ3v) is 2.88. The molecule has 1 aromatic heterocycles. The van der Waals surface area contributed by atoms with Crippen LogP contribution in [0.15, 0.2) is 24.4 Å². The van der Waals surface area contributed by atoms with Gasteiger partial charge >= 0.3 is 0 Å². The zero-order valence-corrected chi connectivity index (χ0v) is 10.0. The van der Waals surface area contributed by atoms with Crippen molar-refractivity contribution in [2.75, 3.05) is 0 Å². The van der Waals surface area contributed by atoms with Crippen LogP contribution in [-0.2, 0) is 7.05 Å². The third-order valence-electron chi connectivity index (χ3n) is 2.88. The summed E-state index contributed by atoms with van der Waals surface area (Å²) in [4.78, 5) is 0. The van der Waals surface area contributed by atoms with E-state index in [4.69, 9.17) is 8.22 Å². The molecule has 3 heteroatoms. The van der Waals surface area contributed by atoms with Gasteiger partial charge in [-0.2, -0.15) is 0 Å². The lowest BCUT2D eigenvalue weighted by molar-refractivity contribution is -0.660. The Balaban J connectivity index is 2.87. The van der Waals surface area contributed by atoms with E-state index in [2.05, 4.69) is 0 Å². The van der Waals surface area contributed by atoms with Crippen molar-refractivity contribution < 1.29 is 21.6 Å². The molecule has 94 valence electrons. The molecule has 0 radical (unpaired) electrons. The molecule has 1 nitrogen and oxygen atoms in total. The van der Waals surface area contributed by atoms with Crippen LogP contribution in [0.4, 0.5) is 8.78 Å². The van der Waals surface area contributed by atoms with Gasteiger partial charge < -0.3 is 0 Å². The van der Waals surface area contributed by atoms with Crippen molar-refractivity contribution in [3.05, 3.63) is 52.7 Å². The summed E-state index contributed by atoms with van der Waals surface area (Å²) in [5.74, 6) is -1.36. The minimum atomic E-state index is -2.70. The van der Waals surface area contributed by atoms with Crippen LogP contribution in [0.25, 0.3) is 11.3 Å². The molecule has 0 N–H and O–H groups in total. The van der Waals surface area contributed by atoms with Crippen molar-refractivity contribution >= 4 is 0 Å². The smallest absolute Gasteiger partial charge is 0.207 e. The molecular formula is C15H16F2N+. The van der Waals surface area contributed by atoms with Crippen LogP contribution in [0.5, 0.6) is 0 Å². The first-order valence-electron chi connectivity index (χ1n) is 8.33. The fraction of sp³-hybridized carbons (Fsp3) is 0.267. The van der Waals surface area contributed by atoms with Gasteiger partial charge in [0.1, 0.15) is 18.7 Å². The summed E-state index contributed by atoms with van der Waals surface area (Å²) in [7, 11) is 1.46. The zero-order valence-electron chi connectivity index (χ0n) is 16.0. The summed E-state index contributed by atoms with van der Waals surface area (Å²) in [5.41, 5.74) is -0.741. The number of pyridine rings is 1. The predicted molar refractivity (Wildman–Crippen MR) is 67.2 cm³/mol. The number of benzene rings is 1. The lowest BCUT2D eigenvalue weighted by atomic mass is 10.0. The summed E-state index contributed by atoms with van der Waals surface area (Å²) in [6.07, 6.45) is 1.13. The number of nitrogens with zero attached hydrogens (tertiary/aromatic N) is 1. The monoisotopic (exact) mass is 254 g/mol. The lowest BCUT2D eigenvalue weighted by Crippen LogP contribution is -2.32. The van der Waals surface area contributed by atoms with E-state index < -0.39 is 30.9 Å². The van der Waals surface area contributed by atoms with Crippen molar-refractivity contribution in [1.29, 1.82) is 0 Å². The maximum Gasteiger partial charge on any atom is 0.215 e. The molecule has 0 amide bonds. The van der Waals surface area contributed by atoms with Crippen molar-refractivity contribution in [1.82, 2.24) is 0 Å². The first-order valence-corrected chi connectivity index (χ1v) is 5.33. The molecule has 0 aliphatic carbocycles. The second-order valence-electron chi connectivity index (χ2n) is 4.13. The molecule has 0 atom stereocenters. The van der Waals surface area contributed by atoms with Gasteiger partial charge in [-0.1, -0.05) is 0 Å². The maximum atomic E-state index is 14.2. The highest BCUT2D eigenvalue weighted by Gasteiger charge is 2.20. The van der Waals surface area contributed by atoms with Crippen LogP contribution in [0.2, 0.25) is 0 Å². The largest absolute Gasteiger partial charge is 0.215 e. The van der Waals surface area contributed by atoms with Gasteiger partial charge in [0.05, 0.1) is 5.56 Å². The summed E-state index contributed by atoms with van der Waals surface area (Å²) < 4.78 is 74.6. The summed E-state index contributed by atoms with van der Waals surface area (Å²) in [6, 6.07) is 3.03. The van der Waals surface area contributed by atoms with Crippen LogP contribution in [-0.4, -0.2) is 0 Å². The second-order valence-corrected chi connectivity index (χ2v) is 4.13. The normalized spacial score (nSPS) is 17.1. The molecule has 18 heavy (non-hydrogen) atoms. The van der Waals surface area contributed by atoms with E-state index >= 15 is 0 Å². The molecule has 1 aromatic carbocycles. The molecule has 0 spiro atoms. The molecule has 0 aliphatic rings. The second kappa shape index (κ2) is 4.48. The van der Waals surface area contributed by atoms with Crippen molar-refractivity contribution in [2.24, 2.45) is 7.05 Å². The first kappa shape index (κ1) is 6.98. The van der Waals surface area contributed by atoms with Gasteiger partial charge in [-0.3, -0.25) is 0 Å². The molecule has 0 bridgehead atoms. The Bertz CT molecular complexity index is 796. The van der Waals surface area contributed by atoms with Crippen molar-refractivity contribution in [3.63, 3.8) is 0 Å². The summed E-state index contributed by atoms with van der Waals surface area (Å²) in [5, 5.41) is 0. The number of aromatic nitrogens is 1. The van der Waals surface area contributed by atoms with Gasteiger partial charge in [0.15, 0.2) is 6.20 Å².